The average Bonchev–Trinajstić information content (AvgIpc) is 2.85. The number of hydrogen-bond donors (Lipinski definition) is 3. The molecular formula is C11H16N2O4S. The Kier molecular flexibility index (Phi) is 5.60. The standard InChI is InChI=1S/C11H16N2O4S/c1-2-13(5-6-14)11(17)12-9(10(15)16)8-4-3-7-18-8/h3-4,7,9,14H,2,5-6H2,1H3,(H,12,17)(H,15,16). The Morgan fingerprint density at radius 3 is 2.72 bits per heavy atom. The molecule has 0 radical (unpaired) electrons. The highest BCUT2D eigenvalue weighted by atomic mass is 32.1. The number of thiophene rings is 1. The van der Waals surface area contributed by atoms with Crippen LogP contribution in [0.4, 0.5) is 4.79 Å². The number of carboxylic acids is 1. The van der Waals surface area contributed by atoms with Crippen LogP contribution in [0.25, 0.3) is 0 Å². The van der Waals surface area contributed by atoms with Crippen molar-refractivity contribution < 1.29 is 19.8 Å². The van der Waals surface area contributed by atoms with Crippen molar-refractivity contribution in [2.75, 3.05) is 19.7 Å². The molecule has 0 saturated carbocycles. The van der Waals surface area contributed by atoms with Crippen LogP contribution in [0.15, 0.2) is 17.5 Å². The summed E-state index contributed by atoms with van der Waals surface area (Å²) in [5.41, 5.74) is 0. The van der Waals surface area contributed by atoms with E-state index in [0.717, 1.165) is 0 Å². The number of nitrogens with one attached hydrogen (secondary N) is 1. The molecule has 0 aliphatic rings. The van der Waals surface area contributed by atoms with Gasteiger partial charge in [-0.15, -0.1) is 11.3 Å². The van der Waals surface area contributed by atoms with Gasteiger partial charge in [0.25, 0.3) is 0 Å². The number of carbonyl (C=O) groups excluding carboxylic acids is 1. The van der Waals surface area contributed by atoms with Crippen molar-refractivity contribution in [3.63, 3.8) is 0 Å². The van der Waals surface area contributed by atoms with Gasteiger partial charge in [0.05, 0.1) is 6.61 Å². The second kappa shape index (κ2) is 6.97. The fraction of sp³-hybridized carbons (Fsp3) is 0.455. The molecule has 1 heterocycles. The lowest BCUT2D eigenvalue weighted by Gasteiger charge is -2.22. The Morgan fingerprint density at radius 2 is 2.28 bits per heavy atom. The van der Waals surface area contributed by atoms with Crippen molar-refractivity contribution in [1.29, 1.82) is 0 Å². The molecule has 0 spiro atoms. The van der Waals surface area contributed by atoms with Crippen LogP contribution in [0.2, 0.25) is 0 Å². The number of hydrogen-bond acceptors (Lipinski definition) is 4. The van der Waals surface area contributed by atoms with E-state index in [1.165, 1.54) is 16.2 Å². The minimum absolute atomic E-state index is 0.155. The molecule has 1 unspecified atom stereocenters. The third-order valence-electron chi connectivity index (χ3n) is 2.38. The normalized spacial score (nSPS) is 11.9. The zero-order valence-electron chi connectivity index (χ0n) is 10.00. The third-order valence-corrected chi connectivity index (χ3v) is 3.32. The molecule has 6 nitrogen and oxygen atoms in total. The predicted octanol–water partition coefficient (Wildman–Crippen LogP) is 0.898. The van der Waals surface area contributed by atoms with E-state index in [-0.39, 0.29) is 13.2 Å². The number of aliphatic carboxylic acids is 1. The Bertz CT molecular complexity index is 394. The van der Waals surface area contributed by atoms with Crippen LogP contribution in [-0.4, -0.2) is 46.8 Å². The molecule has 18 heavy (non-hydrogen) atoms. The van der Waals surface area contributed by atoms with Gasteiger partial charge in [-0.05, 0) is 18.4 Å². The summed E-state index contributed by atoms with van der Waals surface area (Å²) in [5, 5.41) is 22.1. The van der Waals surface area contributed by atoms with E-state index in [1.807, 2.05) is 0 Å². The van der Waals surface area contributed by atoms with Crippen LogP contribution in [0.5, 0.6) is 0 Å². The minimum Gasteiger partial charge on any atom is -0.479 e. The molecule has 1 aromatic rings. The number of nitrogens with zero attached hydrogens (tertiary/aromatic N) is 1. The number of aliphatic hydroxyl groups is 1. The number of aliphatic hydroxyl groups excluding tert-OH is 1. The lowest BCUT2D eigenvalue weighted by atomic mass is 10.2. The van der Waals surface area contributed by atoms with Crippen LogP contribution in [0.1, 0.15) is 17.8 Å². The van der Waals surface area contributed by atoms with Gasteiger partial charge in [-0.3, -0.25) is 0 Å². The summed E-state index contributed by atoms with van der Waals surface area (Å²) in [4.78, 5) is 24.9. The van der Waals surface area contributed by atoms with Crippen molar-refractivity contribution >= 4 is 23.3 Å². The Balaban J connectivity index is 2.72. The van der Waals surface area contributed by atoms with E-state index in [0.29, 0.717) is 11.4 Å². The first kappa shape index (κ1) is 14.5. The summed E-state index contributed by atoms with van der Waals surface area (Å²) in [6.07, 6.45) is 0. The van der Waals surface area contributed by atoms with Crippen LogP contribution < -0.4 is 5.32 Å². The van der Waals surface area contributed by atoms with E-state index in [9.17, 15) is 9.59 Å². The monoisotopic (exact) mass is 272 g/mol. The van der Waals surface area contributed by atoms with Crippen molar-refractivity contribution in [1.82, 2.24) is 10.2 Å². The van der Waals surface area contributed by atoms with Crippen LogP contribution in [0, 0.1) is 0 Å². The molecule has 3 N–H and O–H groups in total. The summed E-state index contributed by atoms with van der Waals surface area (Å²) < 4.78 is 0. The molecule has 7 heteroatoms. The molecule has 0 aromatic carbocycles. The first-order chi connectivity index (χ1) is 8.60. The van der Waals surface area contributed by atoms with E-state index in [2.05, 4.69) is 5.32 Å². The highest BCUT2D eigenvalue weighted by Gasteiger charge is 2.24. The van der Waals surface area contributed by atoms with Crippen LogP contribution in [0.3, 0.4) is 0 Å². The van der Waals surface area contributed by atoms with E-state index in [1.54, 1.807) is 24.4 Å². The average molecular weight is 272 g/mol. The van der Waals surface area contributed by atoms with Gasteiger partial charge < -0.3 is 20.4 Å². The molecule has 0 saturated heterocycles. The predicted molar refractivity (Wildman–Crippen MR) is 67.6 cm³/mol. The van der Waals surface area contributed by atoms with Gasteiger partial charge >= 0.3 is 12.0 Å². The zero-order chi connectivity index (χ0) is 13.5. The van der Waals surface area contributed by atoms with Crippen molar-refractivity contribution in [2.45, 2.75) is 13.0 Å². The van der Waals surface area contributed by atoms with Gasteiger partial charge in [-0.1, -0.05) is 6.07 Å². The van der Waals surface area contributed by atoms with E-state index >= 15 is 0 Å². The Hall–Kier alpha value is -1.60. The lowest BCUT2D eigenvalue weighted by Crippen LogP contribution is -2.44. The topological polar surface area (TPSA) is 89.9 Å². The molecule has 1 aromatic heterocycles. The molecule has 2 amide bonds. The second-order valence-corrected chi connectivity index (χ2v) is 4.52. The fourth-order valence-electron chi connectivity index (χ4n) is 1.45. The molecule has 0 aliphatic heterocycles. The number of amides is 2. The lowest BCUT2D eigenvalue weighted by molar-refractivity contribution is -0.139. The van der Waals surface area contributed by atoms with Gasteiger partial charge in [0, 0.05) is 18.0 Å². The number of urea groups is 1. The fourth-order valence-corrected chi connectivity index (χ4v) is 2.22. The minimum atomic E-state index is -1.11. The number of carboxylic acid groups (broad SMARTS) is 1. The highest BCUT2D eigenvalue weighted by Crippen LogP contribution is 2.19. The van der Waals surface area contributed by atoms with Crippen LogP contribution in [-0.2, 0) is 4.79 Å². The summed E-state index contributed by atoms with van der Waals surface area (Å²) in [6, 6.07) is 1.84. The number of carbonyl (C=O) groups is 2. The van der Waals surface area contributed by atoms with Gasteiger partial charge in [-0.2, -0.15) is 0 Å². The van der Waals surface area contributed by atoms with Crippen molar-refractivity contribution in [2.24, 2.45) is 0 Å². The molecule has 1 atom stereocenters. The summed E-state index contributed by atoms with van der Waals surface area (Å²) >= 11 is 1.27. The Labute approximate surface area is 109 Å². The number of likely N-dealkylation sites (N-methyl/N-ethyl adjacent to an activating group) is 1. The maximum Gasteiger partial charge on any atom is 0.331 e. The highest BCUT2D eigenvalue weighted by molar-refractivity contribution is 7.10. The smallest absolute Gasteiger partial charge is 0.331 e. The quantitative estimate of drug-likeness (QED) is 0.717. The maximum absolute atomic E-state index is 11.8. The second-order valence-electron chi connectivity index (χ2n) is 3.54. The molecule has 100 valence electrons. The largest absolute Gasteiger partial charge is 0.479 e. The van der Waals surface area contributed by atoms with Crippen molar-refractivity contribution in [3.8, 4) is 0 Å². The molecular weight excluding hydrogens is 256 g/mol. The first-order valence-corrected chi connectivity index (χ1v) is 6.40. The zero-order valence-corrected chi connectivity index (χ0v) is 10.8. The van der Waals surface area contributed by atoms with Crippen LogP contribution >= 0.6 is 11.3 Å². The third kappa shape index (κ3) is 3.71. The SMILES string of the molecule is CCN(CCO)C(=O)NC(C(=O)O)c1cccs1. The summed E-state index contributed by atoms with van der Waals surface area (Å²) in [5.74, 6) is -1.11. The Morgan fingerprint density at radius 1 is 1.56 bits per heavy atom. The first-order valence-electron chi connectivity index (χ1n) is 5.52. The summed E-state index contributed by atoms with van der Waals surface area (Å²) in [6.45, 7) is 2.19. The van der Waals surface area contributed by atoms with Gasteiger partial charge in [-0.25, -0.2) is 9.59 Å². The van der Waals surface area contributed by atoms with Gasteiger partial charge in [0.1, 0.15) is 0 Å². The molecule has 0 fully saturated rings. The maximum atomic E-state index is 11.8. The summed E-state index contributed by atoms with van der Waals surface area (Å²) in [7, 11) is 0. The van der Waals surface area contributed by atoms with Crippen molar-refractivity contribution in [3.05, 3.63) is 22.4 Å². The molecule has 1 rings (SSSR count). The number of rotatable bonds is 6. The van der Waals surface area contributed by atoms with E-state index in [4.69, 9.17) is 10.2 Å². The van der Waals surface area contributed by atoms with Gasteiger partial charge in [0.15, 0.2) is 6.04 Å². The van der Waals surface area contributed by atoms with E-state index < -0.39 is 18.0 Å². The van der Waals surface area contributed by atoms with Gasteiger partial charge in [0.2, 0.25) is 0 Å². The molecule has 0 bridgehead atoms. The molecule has 0 aliphatic carbocycles.